The average Bonchev–Trinajstić information content (AvgIpc) is 2.79. The third-order valence-electron chi connectivity index (χ3n) is 2.83. The molecule has 1 aromatic heterocycles. The number of furan rings is 1. The van der Waals surface area contributed by atoms with Gasteiger partial charge in [0.05, 0.1) is 24.4 Å². The summed E-state index contributed by atoms with van der Waals surface area (Å²) in [4.78, 5) is 10.9. The molecule has 0 radical (unpaired) electrons. The number of hydrogen-bond donors (Lipinski definition) is 2. The van der Waals surface area contributed by atoms with E-state index >= 15 is 0 Å². The Morgan fingerprint density at radius 1 is 1.45 bits per heavy atom. The second-order valence-electron chi connectivity index (χ2n) is 4.19. The topological polar surface area (TPSA) is 71.7 Å². The number of anilines is 1. The monoisotopic (exact) mass is 295 g/mol. The Hall–Kier alpha value is -2.14. The molecule has 2 N–H and O–H groups in total. The van der Waals surface area contributed by atoms with Crippen molar-refractivity contribution in [3.63, 3.8) is 0 Å². The summed E-state index contributed by atoms with van der Waals surface area (Å²) in [5.41, 5.74) is 0.857. The minimum Gasteiger partial charge on any atom is -0.497 e. The van der Waals surface area contributed by atoms with Gasteiger partial charge in [-0.05, 0) is 25.1 Å². The number of nitrogens with one attached hydrogen (secondary N) is 1. The molecule has 0 aliphatic carbocycles. The van der Waals surface area contributed by atoms with Gasteiger partial charge in [-0.1, -0.05) is 11.6 Å². The van der Waals surface area contributed by atoms with Crippen LogP contribution >= 0.6 is 11.6 Å². The first kappa shape index (κ1) is 14.3. The van der Waals surface area contributed by atoms with Crippen LogP contribution in [0.4, 0.5) is 5.69 Å². The van der Waals surface area contributed by atoms with Crippen LogP contribution in [0.2, 0.25) is 5.02 Å². The molecule has 2 rings (SSSR count). The highest BCUT2D eigenvalue weighted by Crippen LogP contribution is 2.27. The maximum atomic E-state index is 10.9. The number of ether oxygens (including phenoxy) is 1. The molecule has 0 aliphatic heterocycles. The molecule has 0 fully saturated rings. The van der Waals surface area contributed by atoms with E-state index in [2.05, 4.69) is 5.32 Å². The van der Waals surface area contributed by atoms with Crippen LogP contribution < -0.4 is 10.1 Å². The smallest absolute Gasteiger partial charge is 0.339 e. The van der Waals surface area contributed by atoms with E-state index in [1.165, 1.54) is 6.07 Å². The minimum absolute atomic E-state index is 0.165. The Morgan fingerprint density at radius 2 is 2.20 bits per heavy atom. The van der Waals surface area contributed by atoms with Crippen molar-refractivity contribution in [1.82, 2.24) is 0 Å². The zero-order chi connectivity index (χ0) is 14.7. The Morgan fingerprint density at radius 3 is 2.80 bits per heavy atom. The molecule has 2 aromatic rings. The maximum absolute atomic E-state index is 10.9. The molecule has 1 aromatic carbocycles. The molecule has 6 heteroatoms. The molecule has 0 saturated carbocycles. The van der Waals surface area contributed by atoms with E-state index in [1.807, 2.05) is 0 Å². The van der Waals surface area contributed by atoms with E-state index in [4.69, 9.17) is 25.9 Å². The number of halogens is 1. The van der Waals surface area contributed by atoms with Gasteiger partial charge in [0.2, 0.25) is 0 Å². The van der Waals surface area contributed by atoms with Crippen molar-refractivity contribution in [2.75, 3.05) is 12.4 Å². The number of benzene rings is 1. The predicted molar refractivity (Wildman–Crippen MR) is 75.7 cm³/mol. The first-order valence-electron chi connectivity index (χ1n) is 5.91. The number of hydrogen-bond acceptors (Lipinski definition) is 4. The normalized spacial score (nSPS) is 10.3. The average molecular weight is 296 g/mol. The molecule has 5 nitrogen and oxygen atoms in total. The zero-order valence-electron chi connectivity index (χ0n) is 11.1. The molecular weight excluding hydrogens is 282 g/mol. The van der Waals surface area contributed by atoms with Crippen LogP contribution in [0, 0.1) is 6.92 Å². The van der Waals surface area contributed by atoms with Gasteiger partial charge in [-0.2, -0.15) is 0 Å². The fourth-order valence-electron chi connectivity index (χ4n) is 1.79. The Balaban J connectivity index is 2.12. The maximum Gasteiger partial charge on any atom is 0.339 e. The van der Waals surface area contributed by atoms with Gasteiger partial charge in [-0.25, -0.2) is 4.79 Å². The Labute approximate surface area is 121 Å². The number of carboxylic acids is 1. The highest BCUT2D eigenvalue weighted by molar-refractivity contribution is 6.33. The molecule has 0 bridgehead atoms. The molecule has 20 heavy (non-hydrogen) atoms. The van der Waals surface area contributed by atoms with E-state index in [9.17, 15) is 4.79 Å². The fourth-order valence-corrected chi connectivity index (χ4v) is 1.98. The van der Waals surface area contributed by atoms with E-state index in [0.717, 1.165) is 0 Å². The molecule has 0 atom stereocenters. The van der Waals surface area contributed by atoms with Gasteiger partial charge in [-0.3, -0.25) is 0 Å². The number of aryl methyl sites for hydroxylation is 1. The molecule has 0 amide bonds. The molecule has 1 heterocycles. The number of methoxy groups -OCH3 is 1. The standard InChI is InChI=1S/C14H14ClNO4/c1-8-11(14(17)18)5-10(20-8)7-16-13-6-9(19-2)3-4-12(13)15/h3-6,16H,7H2,1-2H3,(H,17,18). The number of carboxylic acid groups (broad SMARTS) is 1. The highest BCUT2D eigenvalue weighted by Gasteiger charge is 2.13. The summed E-state index contributed by atoms with van der Waals surface area (Å²) in [5.74, 6) is 0.584. The predicted octanol–water partition coefficient (Wildman–Crippen LogP) is 3.56. The zero-order valence-corrected chi connectivity index (χ0v) is 11.8. The lowest BCUT2D eigenvalue weighted by Gasteiger charge is -2.08. The summed E-state index contributed by atoms with van der Waals surface area (Å²) in [6, 6.07) is 6.74. The van der Waals surface area contributed by atoms with Crippen molar-refractivity contribution < 1.29 is 19.1 Å². The molecule has 106 valence electrons. The lowest BCUT2D eigenvalue weighted by molar-refractivity contribution is 0.0695. The van der Waals surface area contributed by atoms with E-state index in [1.54, 1.807) is 32.2 Å². The quantitative estimate of drug-likeness (QED) is 0.882. The van der Waals surface area contributed by atoms with E-state index in [-0.39, 0.29) is 5.56 Å². The van der Waals surface area contributed by atoms with Gasteiger partial charge < -0.3 is 19.6 Å². The van der Waals surface area contributed by atoms with E-state index in [0.29, 0.717) is 34.5 Å². The summed E-state index contributed by atoms with van der Waals surface area (Å²) in [5, 5.41) is 12.6. The lowest BCUT2D eigenvalue weighted by atomic mass is 10.2. The summed E-state index contributed by atoms with van der Waals surface area (Å²) < 4.78 is 10.5. The van der Waals surface area contributed by atoms with Gasteiger partial charge in [0, 0.05) is 6.07 Å². The van der Waals surface area contributed by atoms with Crippen molar-refractivity contribution in [3.8, 4) is 5.75 Å². The van der Waals surface area contributed by atoms with Crippen LogP contribution in [-0.4, -0.2) is 18.2 Å². The van der Waals surface area contributed by atoms with Gasteiger partial charge in [0.1, 0.15) is 22.8 Å². The van der Waals surface area contributed by atoms with Crippen LogP contribution in [0.5, 0.6) is 5.75 Å². The number of aromatic carboxylic acids is 1. The van der Waals surface area contributed by atoms with Crippen LogP contribution in [0.25, 0.3) is 0 Å². The van der Waals surface area contributed by atoms with Crippen LogP contribution in [0.15, 0.2) is 28.7 Å². The third kappa shape index (κ3) is 3.05. The molecule has 0 saturated heterocycles. The van der Waals surface area contributed by atoms with Crippen LogP contribution in [0.3, 0.4) is 0 Å². The SMILES string of the molecule is COc1ccc(Cl)c(NCc2cc(C(=O)O)c(C)o2)c1. The third-order valence-corrected chi connectivity index (χ3v) is 3.16. The first-order chi connectivity index (χ1) is 9.51. The minimum atomic E-state index is -1.00. The van der Waals surface area contributed by atoms with Crippen molar-refractivity contribution in [1.29, 1.82) is 0 Å². The lowest BCUT2D eigenvalue weighted by Crippen LogP contribution is -1.99. The number of carbonyl (C=O) groups is 1. The Bertz CT molecular complexity index is 636. The molecule has 0 aliphatic rings. The number of rotatable bonds is 5. The first-order valence-corrected chi connectivity index (χ1v) is 6.29. The van der Waals surface area contributed by atoms with E-state index < -0.39 is 5.97 Å². The second-order valence-corrected chi connectivity index (χ2v) is 4.59. The van der Waals surface area contributed by atoms with Crippen molar-refractivity contribution >= 4 is 23.3 Å². The summed E-state index contributed by atoms with van der Waals surface area (Å²) in [7, 11) is 1.57. The Kier molecular flexibility index (Phi) is 4.20. The summed E-state index contributed by atoms with van der Waals surface area (Å²) in [6.45, 7) is 1.95. The van der Waals surface area contributed by atoms with Gasteiger partial charge in [0.15, 0.2) is 0 Å². The second kappa shape index (κ2) is 5.88. The van der Waals surface area contributed by atoms with Gasteiger partial charge >= 0.3 is 5.97 Å². The van der Waals surface area contributed by atoms with Crippen LogP contribution in [0.1, 0.15) is 21.9 Å². The van der Waals surface area contributed by atoms with Crippen LogP contribution in [-0.2, 0) is 6.54 Å². The van der Waals surface area contributed by atoms with Crippen molar-refractivity contribution in [3.05, 3.63) is 46.4 Å². The molecular formula is C14H14ClNO4. The molecule has 0 spiro atoms. The van der Waals surface area contributed by atoms with Crippen molar-refractivity contribution in [2.45, 2.75) is 13.5 Å². The fraction of sp³-hybridized carbons (Fsp3) is 0.214. The highest BCUT2D eigenvalue weighted by atomic mass is 35.5. The van der Waals surface area contributed by atoms with Gasteiger partial charge in [0.25, 0.3) is 0 Å². The van der Waals surface area contributed by atoms with Crippen molar-refractivity contribution in [2.24, 2.45) is 0 Å². The summed E-state index contributed by atoms with van der Waals surface area (Å²) in [6.07, 6.45) is 0. The summed E-state index contributed by atoms with van der Waals surface area (Å²) >= 11 is 6.06. The largest absolute Gasteiger partial charge is 0.497 e. The molecule has 0 unspecified atom stereocenters. The van der Waals surface area contributed by atoms with Gasteiger partial charge in [-0.15, -0.1) is 0 Å².